The Kier molecular flexibility index (Phi) is 9.48. The summed E-state index contributed by atoms with van der Waals surface area (Å²) in [6, 6.07) is 0. The van der Waals surface area contributed by atoms with E-state index in [0.29, 0.717) is 11.2 Å². The first-order valence-corrected chi connectivity index (χ1v) is 18.4. The van der Waals surface area contributed by atoms with Crippen molar-refractivity contribution in [3.63, 3.8) is 0 Å². The predicted molar refractivity (Wildman–Crippen MR) is 169 cm³/mol. The third kappa shape index (κ3) is 6.44. The molecule has 47 heavy (non-hydrogen) atoms. The first-order chi connectivity index (χ1) is 22.2. The van der Waals surface area contributed by atoms with Crippen LogP contribution in [-0.2, 0) is 39.4 Å². The molecule has 0 amide bonds. The molecular formula is C22H30N10O11P2S2. The summed E-state index contributed by atoms with van der Waals surface area (Å²) in [7, 11) is -1.97. The number of thioether (sulfide) groups is 1. The fourth-order valence-corrected chi connectivity index (χ4v) is 8.91. The van der Waals surface area contributed by atoms with Crippen molar-refractivity contribution >= 4 is 72.6 Å². The van der Waals surface area contributed by atoms with Gasteiger partial charge in [0, 0.05) is 7.11 Å². The number of nitrogen functional groups attached to an aromatic ring is 2. The fourth-order valence-electron chi connectivity index (χ4n) is 5.42. The van der Waals surface area contributed by atoms with Gasteiger partial charge in [0.15, 0.2) is 28.9 Å². The summed E-state index contributed by atoms with van der Waals surface area (Å²) >= 11 is 6.35. The zero-order chi connectivity index (χ0) is 33.8. The number of H-pyrrole nitrogens is 1. The number of fused-ring (bicyclic) bond motifs is 2. The second-order valence-electron chi connectivity index (χ2n) is 10.8. The molecule has 0 saturated carbocycles. The highest BCUT2D eigenvalue weighted by atomic mass is 32.5. The van der Waals surface area contributed by atoms with Crippen molar-refractivity contribution in [1.82, 2.24) is 39.0 Å². The summed E-state index contributed by atoms with van der Waals surface area (Å²) in [5, 5.41) is 20.7. The van der Waals surface area contributed by atoms with Crippen molar-refractivity contribution < 1.29 is 47.6 Å². The highest BCUT2D eigenvalue weighted by Gasteiger charge is 2.55. The molecule has 0 spiro atoms. The molecule has 6 heterocycles. The van der Waals surface area contributed by atoms with Crippen LogP contribution in [0, 0.1) is 0 Å². The summed E-state index contributed by atoms with van der Waals surface area (Å²) in [6.45, 7) is -3.61. The molecule has 4 aromatic heterocycles. The quantitative estimate of drug-likeness (QED) is 0.0888. The first-order valence-electron chi connectivity index (χ1n) is 13.6. The summed E-state index contributed by atoms with van der Waals surface area (Å²) in [4.78, 5) is 55.7. The van der Waals surface area contributed by atoms with E-state index in [2.05, 4.69) is 29.9 Å². The third-order valence-corrected chi connectivity index (χ3v) is 11.2. The summed E-state index contributed by atoms with van der Waals surface area (Å²) < 4.78 is 42.3. The van der Waals surface area contributed by atoms with Crippen LogP contribution in [0.2, 0.25) is 0 Å². The molecule has 0 bridgehead atoms. The Hall–Kier alpha value is -2.63. The van der Waals surface area contributed by atoms with Gasteiger partial charge in [0.1, 0.15) is 41.1 Å². The molecule has 21 nitrogen and oxygen atoms in total. The van der Waals surface area contributed by atoms with E-state index in [4.69, 9.17) is 46.3 Å². The van der Waals surface area contributed by atoms with Gasteiger partial charge in [-0.3, -0.25) is 28.0 Å². The number of hydrogen-bond acceptors (Lipinski definition) is 18. The molecule has 6 rings (SSSR count). The second-order valence-corrected chi connectivity index (χ2v) is 15.7. The highest BCUT2D eigenvalue weighted by molar-refractivity contribution is 8.07. The molecule has 0 aliphatic carbocycles. The van der Waals surface area contributed by atoms with E-state index in [0.717, 1.165) is 11.8 Å². The van der Waals surface area contributed by atoms with E-state index >= 15 is 0 Å². The lowest BCUT2D eigenvalue weighted by Crippen LogP contribution is -2.44. The van der Waals surface area contributed by atoms with Gasteiger partial charge in [-0.1, -0.05) is 0 Å². The smallest absolute Gasteiger partial charge is 0.325 e. The average molecular weight is 737 g/mol. The van der Waals surface area contributed by atoms with Gasteiger partial charge in [-0.15, -0.1) is 11.8 Å². The van der Waals surface area contributed by atoms with Gasteiger partial charge in [-0.25, -0.2) is 19.9 Å². The molecule has 0 aromatic carbocycles. The Morgan fingerprint density at radius 1 is 1.17 bits per heavy atom. The van der Waals surface area contributed by atoms with Gasteiger partial charge in [0.05, 0.1) is 37.2 Å². The topological polar surface area (TPSA) is 303 Å². The van der Waals surface area contributed by atoms with E-state index in [-0.39, 0.29) is 29.5 Å². The van der Waals surface area contributed by atoms with Crippen LogP contribution >= 0.6 is 26.7 Å². The zero-order valence-corrected chi connectivity index (χ0v) is 27.9. The number of hydrogen-bond donors (Lipinski definition) is 7. The number of aliphatic hydroxyl groups excluding tert-OH is 2. The maximum Gasteiger partial charge on any atom is 0.325 e. The van der Waals surface area contributed by atoms with Crippen molar-refractivity contribution in [2.75, 3.05) is 31.8 Å². The number of anilines is 2. The van der Waals surface area contributed by atoms with Crippen molar-refractivity contribution in [2.24, 2.45) is 0 Å². The van der Waals surface area contributed by atoms with Crippen molar-refractivity contribution in [3.8, 4) is 0 Å². The molecular weight excluding hydrogens is 706 g/mol. The standard InChI is InChI=1S/C22H30N10O11P2S2/c1-22(14(34)13(39-2)19(42-22)31-6-27-9-15(23)25-5-26-16(9)31)4-41-45(38,46)43-12-11(33)8(3-40-44(36)37)47-20(12)32-7-28-10-17(32)29-21(24)30-18(10)35/h5-8,11-14,19-20,33-34,44H,3-4H2,1-2H3,(H,36,37)(H,38,46)(H2,23,25,26)(H3,24,29,30,35)/t8-,11-,12-,13-,14+,19-,20-,22?,45?/m1/s1. The molecule has 0 radical (unpaired) electrons. The van der Waals surface area contributed by atoms with Gasteiger partial charge in [0.2, 0.25) is 5.95 Å². The van der Waals surface area contributed by atoms with E-state index in [1.54, 1.807) is 0 Å². The summed E-state index contributed by atoms with van der Waals surface area (Å²) in [6.07, 6.45) is -2.08. The molecule has 2 aliphatic heterocycles. The number of methoxy groups -OCH3 is 1. The van der Waals surface area contributed by atoms with Gasteiger partial charge >= 0.3 is 15.0 Å². The van der Waals surface area contributed by atoms with Crippen LogP contribution in [0.25, 0.3) is 22.3 Å². The molecule has 2 fully saturated rings. The van der Waals surface area contributed by atoms with Crippen molar-refractivity contribution in [3.05, 3.63) is 29.3 Å². The Labute approximate surface area is 273 Å². The number of ether oxygens (including phenoxy) is 2. The minimum Gasteiger partial charge on any atom is -0.389 e. The minimum atomic E-state index is -4.26. The Bertz CT molecular complexity index is 1930. The van der Waals surface area contributed by atoms with Crippen molar-refractivity contribution in [1.29, 1.82) is 0 Å². The van der Waals surface area contributed by atoms with Crippen LogP contribution < -0.4 is 17.0 Å². The van der Waals surface area contributed by atoms with Gasteiger partial charge in [0.25, 0.3) is 5.56 Å². The number of nitrogens with two attached hydrogens (primary N) is 2. The SMILES string of the molecule is CO[C@H]1[C@H](n2cnc3c(N)ncnc32)OC(C)(COP(O)(=S)O[C@@H]2[C@H](O)[C@@H](CO[PH](=O)O)S[C@H]2n2cnc3c(=O)[nH]c(N)nc32)[C@H]1O. The largest absolute Gasteiger partial charge is 0.389 e. The first kappa shape index (κ1) is 34.2. The van der Waals surface area contributed by atoms with Gasteiger partial charge < -0.3 is 50.0 Å². The number of nitrogens with one attached hydrogen (secondary N) is 1. The van der Waals surface area contributed by atoms with Crippen LogP contribution in [0.3, 0.4) is 0 Å². The molecule has 4 aromatic rings. The van der Waals surface area contributed by atoms with Crippen LogP contribution in [-0.4, -0.2) is 115 Å². The van der Waals surface area contributed by atoms with E-state index in [9.17, 15) is 29.4 Å². The van der Waals surface area contributed by atoms with Crippen LogP contribution in [0.4, 0.5) is 11.8 Å². The molecule has 9 N–H and O–H groups in total. The lowest BCUT2D eigenvalue weighted by Gasteiger charge is -2.31. The number of imidazole rings is 2. The minimum absolute atomic E-state index is 0.0414. The molecule has 10 atom stereocenters. The van der Waals surface area contributed by atoms with Gasteiger partial charge in [-0.05, 0) is 18.7 Å². The third-order valence-electron chi connectivity index (χ3n) is 7.72. The monoisotopic (exact) mass is 736 g/mol. The normalized spacial score (nSPS) is 31.5. The van der Waals surface area contributed by atoms with Crippen LogP contribution in [0.5, 0.6) is 0 Å². The molecule has 3 unspecified atom stereocenters. The number of rotatable bonds is 11. The maximum absolute atomic E-state index is 12.4. The lowest BCUT2D eigenvalue weighted by atomic mass is 9.98. The molecule has 256 valence electrons. The Morgan fingerprint density at radius 2 is 1.89 bits per heavy atom. The second kappa shape index (κ2) is 13.0. The van der Waals surface area contributed by atoms with Crippen LogP contribution in [0.15, 0.2) is 23.8 Å². The predicted octanol–water partition coefficient (Wildman–Crippen LogP) is -1.22. The van der Waals surface area contributed by atoms with E-state index in [1.165, 1.54) is 42.1 Å². The number of nitrogens with zero attached hydrogens (tertiary/aromatic N) is 7. The number of aliphatic hydroxyl groups is 2. The highest BCUT2D eigenvalue weighted by Crippen LogP contribution is 2.55. The fraction of sp³-hybridized carbons (Fsp3) is 0.545. The number of aromatic nitrogens is 8. The van der Waals surface area contributed by atoms with Crippen molar-refractivity contribution in [2.45, 2.75) is 53.8 Å². The summed E-state index contributed by atoms with van der Waals surface area (Å²) in [5.74, 6) is -0.0550. The Balaban J connectivity index is 1.24. The maximum atomic E-state index is 12.4. The number of aromatic amines is 1. The Morgan fingerprint density at radius 3 is 2.62 bits per heavy atom. The summed E-state index contributed by atoms with van der Waals surface area (Å²) in [5.41, 5.74) is 10.1. The lowest BCUT2D eigenvalue weighted by molar-refractivity contribution is -0.114. The molecule has 25 heteroatoms. The average Bonchev–Trinajstić information content (AvgIpc) is 3.76. The van der Waals surface area contributed by atoms with Gasteiger partial charge in [-0.2, -0.15) is 4.98 Å². The molecule has 2 saturated heterocycles. The van der Waals surface area contributed by atoms with E-state index < -0.39 is 74.0 Å². The molecule has 2 aliphatic rings. The van der Waals surface area contributed by atoms with E-state index in [1.807, 2.05) is 0 Å². The van der Waals surface area contributed by atoms with Crippen LogP contribution in [0.1, 0.15) is 18.5 Å². The zero-order valence-electron chi connectivity index (χ0n) is 24.4.